The summed E-state index contributed by atoms with van der Waals surface area (Å²) >= 11 is 0. The highest BCUT2D eigenvalue weighted by Crippen LogP contribution is 2.19. The van der Waals surface area contributed by atoms with Crippen LogP contribution in [0.3, 0.4) is 0 Å². The second kappa shape index (κ2) is 75.8. The minimum atomic E-state index is -0.798. The molecule has 0 aromatic carbocycles. The molecule has 0 rings (SSSR count). The van der Waals surface area contributed by atoms with Crippen LogP contribution in [0.4, 0.5) is 0 Å². The van der Waals surface area contributed by atoms with Crippen molar-refractivity contribution < 1.29 is 24.2 Å². The molecule has 0 heterocycles. The third-order valence-electron chi connectivity index (χ3n) is 16.6. The van der Waals surface area contributed by atoms with Crippen LogP contribution >= 0.6 is 0 Å². The van der Waals surface area contributed by atoms with Crippen molar-refractivity contribution in [3.8, 4) is 0 Å². The Morgan fingerprint density at radius 3 is 0.756 bits per heavy atom. The molecule has 5 heteroatoms. The molecule has 496 valence electrons. The van der Waals surface area contributed by atoms with E-state index >= 15 is 0 Å². The molecule has 0 radical (unpaired) electrons. The van der Waals surface area contributed by atoms with Crippen molar-refractivity contribution in [2.75, 3.05) is 13.2 Å². The van der Waals surface area contributed by atoms with Crippen LogP contribution in [0.5, 0.6) is 0 Å². The van der Waals surface area contributed by atoms with E-state index < -0.39 is 6.10 Å². The lowest BCUT2D eigenvalue weighted by Crippen LogP contribution is -2.28. The first-order chi connectivity index (χ1) is 42.6. The van der Waals surface area contributed by atoms with Gasteiger partial charge in [0, 0.05) is 12.8 Å². The van der Waals surface area contributed by atoms with Gasteiger partial charge in [0.2, 0.25) is 0 Å². The lowest BCUT2D eigenvalue weighted by molar-refractivity contribution is -0.161. The molecule has 0 aliphatic carbocycles. The summed E-state index contributed by atoms with van der Waals surface area (Å²) in [6, 6.07) is 0. The molecule has 0 fully saturated rings. The van der Waals surface area contributed by atoms with E-state index in [0.29, 0.717) is 12.8 Å². The summed E-state index contributed by atoms with van der Waals surface area (Å²) in [6.45, 7) is 4.04. The monoisotopic (exact) mass is 1200 g/mol. The predicted octanol–water partition coefficient (Wildman–Crippen LogP) is 26.3. The molecule has 0 amide bonds. The van der Waals surface area contributed by atoms with Crippen LogP contribution in [0, 0.1) is 0 Å². The lowest BCUT2D eigenvalue weighted by atomic mass is 10.0. The van der Waals surface area contributed by atoms with Gasteiger partial charge in [-0.1, -0.05) is 386 Å². The van der Waals surface area contributed by atoms with E-state index in [4.69, 9.17) is 9.47 Å². The molecule has 1 atom stereocenters. The Labute approximate surface area is 535 Å². The van der Waals surface area contributed by atoms with Gasteiger partial charge in [-0.2, -0.15) is 0 Å². The van der Waals surface area contributed by atoms with Gasteiger partial charge in [-0.15, -0.1) is 0 Å². The summed E-state index contributed by atoms with van der Waals surface area (Å²) in [5, 5.41) is 9.70. The van der Waals surface area contributed by atoms with Crippen LogP contribution in [-0.4, -0.2) is 36.4 Å². The minimum Gasteiger partial charge on any atom is -0.462 e. The quantitative estimate of drug-likeness (QED) is 0.0373. The van der Waals surface area contributed by atoms with Gasteiger partial charge in [-0.05, 0) is 83.5 Å². The standard InChI is InChI=1S/C81H142O5/c1-3-5-7-9-11-13-15-17-19-21-23-25-27-29-31-33-35-36-37-38-39-40-41-42-43-44-46-47-49-51-53-55-57-59-61-63-65-67-69-71-73-75-80(83)85-78-79(77-82)86-81(84)76-74-72-70-68-66-64-62-60-58-56-54-52-50-48-45-34-32-30-28-26-24-22-20-18-16-14-12-10-8-6-4-2/h6,8,12,14,18,20,24,26,30,32,45,48,52,54,58,60,64,66,79,82H,3-5,7,9-11,13,15-17,19,21-23,25,27-29,31,33-44,46-47,49-51,53,55-57,59,61-63,65,67-78H2,1-2H3/b8-6-,14-12-,20-18-,26-24-,32-30-,48-45-,54-52-,60-58-,66-64-. The molecule has 0 aliphatic rings. The maximum Gasteiger partial charge on any atom is 0.306 e. The highest BCUT2D eigenvalue weighted by Gasteiger charge is 2.16. The van der Waals surface area contributed by atoms with Crippen molar-refractivity contribution >= 4 is 11.9 Å². The molecule has 0 aliphatic heterocycles. The fraction of sp³-hybridized carbons (Fsp3) is 0.753. The van der Waals surface area contributed by atoms with Crippen LogP contribution in [0.25, 0.3) is 0 Å². The molecular formula is C81H142O5. The molecule has 1 unspecified atom stereocenters. The van der Waals surface area contributed by atoms with Gasteiger partial charge in [-0.25, -0.2) is 0 Å². The average molecular weight is 1200 g/mol. The third-order valence-corrected chi connectivity index (χ3v) is 16.6. The van der Waals surface area contributed by atoms with E-state index in [1.165, 1.54) is 244 Å². The Morgan fingerprint density at radius 1 is 0.279 bits per heavy atom. The number of aliphatic hydroxyl groups is 1. The zero-order chi connectivity index (χ0) is 61.9. The summed E-state index contributed by atoms with van der Waals surface area (Å²) in [6.07, 6.45) is 110. The number of hydrogen-bond donors (Lipinski definition) is 1. The van der Waals surface area contributed by atoms with Gasteiger partial charge in [0.05, 0.1) is 6.61 Å². The molecule has 0 saturated heterocycles. The van der Waals surface area contributed by atoms with E-state index in [1.807, 2.05) is 0 Å². The summed E-state index contributed by atoms with van der Waals surface area (Å²) in [5.41, 5.74) is 0. The second-order valence-corrected chi connectivity index (χ2v) is 25.0. The molecule has 1 N–H and O–H groups in total. The number of ether oxygens (including phenoxy) is 2. The summed E-state index contributed by atoms with van der Waals surface area (Å²) in [5.74, 6) is -0.622. The Hall–Kier alpha value is -3.44. The van der Waals surface area contributed by atoms with Crippen LogP contribution in [0.15, 0.2) is 109 Å². The fourth-order valence-corrected chi connectivity index (χ4v) is 11.0. The first-order valence-corrected chi connectivity index (χ1v) is 37.4. The normalized spacial score (nSPS) is 12.8. The highest BCUT2D eigenvalue weighted by atomic mass is 16.6. The first kappa shape index (κ1) is 82.6. The third kappa shape index (κ3) is 73.0. The SMILES string of the molecule is CC/C=C\C/C=C\C/C=C\C/C=C\C/C=C\C/C=C\C/C=C\C/C=C\C/C=C\CCCCCC(=O)OC(CO)COC(=O)CCCCCCCCCCCCCCCCCCCCCCCCCCCCCCCCCCCCCCCCCCC. The van der Waals surface area contributed by atoms with Crippen molar-refractivity contribution in [2.45, 2.75) is 380 Å². The topological polar surface area (TPSA) is 72.8 Å². The number of allylic oxidation sites excluding steroid dienone is 18. The molecule has 0 aromatic heterocycles. The number of carbonyl (C=O) groups is 2. The van der Waals surface area contributed by atoms with Gasteiger partial charge in [0.15, 0.2) is 6.10 Å². The number of hydrogen-bond acceptors (Lipinski definition) is 5. The molecule has 0 spiro atoms. The van der Waals surface area contributed by atoms with Crippen LogP contribution in [0.2, 0.25) is 0 Å². The smallest absolute Gasteiger partial charge is 0.306 e. The summed E-state index contributed by atoms with van der Waals surface area (Å²) in [4.78, 5) is 24.7. The van der Waals surface area contributed by atoms with Gasteiger partial charge < -0.3 is 14.6 Å². The van der Waals surface area contributed by atoms with E-state index in [-0.39, 0.29) is 25.2 Å². The highest BCUT2D eigenvalue weighted by molar-refractivity contribution is 5.70. The molecule has 0 bridgehead atoms. The van der Waals surface area contributed by atoms with E-state index in [9.17, 15) is 14.7 Å². The second-order valence-electron chi connectivity index (χ2n) is 25.0. The summed E-state index contributed by atoms with van der Waals surface area (Å²) < 4.78 is 10.7. The average Bonchev–Trinajstić information content (AvgIpc) is 3.55. The number of aliphatic hydroxyl groups excluding tert-OH is 1. The maximum atomic E-state index is 12.4. The van der Waals surface area contributed by atoms with E-state index in [1.54, 1.807) is 0 Å². The fourth-order valence-electron chi connectivity index (χ4n) is 11.0. The molecular weight excluding hydrogens is 1050 g/mol. The van der Waals surface area contributed by atoms with Crippen molar-refractivity contribution in [1.29, 1.82) is 0 Å². The molecule has 86 heavy (non-hydrogen) atoms. The van der Waals surface area contributed by atoms with E-state index in [0.717, 1.165) is 103 Å². The Bertz CT molecular complexity index is 1640. The van der Waals surface area contributed by atoms with Gasteiger partial charge in [0.1, 0.15) is 6.61 Å². The van der Waals surface area contributed by atoms with Gasteiger partial charge >= 0.3 is 11.9 Å². The first-order valence-electron chi connectivity index (χ1n) is 37.4. The Kier molecular flexibility index (Phi) is 72.8. The van der Waals surface area contributed by atoms with Crippen molar-refractivity contribution in [1.82, 2.24) is 0 Å². The number of rotatable bonds is 69. The zero-order valence-corrected chi connectivity index (χ0v) is 57.1. The summed E-state index contributed by atoms with van der Waals surface area (Å²) in [7, 11) is 0. The number of esters is 2. The Morgan fingerprint density at radius 2 is 0.500 bits per heavy atom. The predicted molar refractivity (Wildman–Crippen MR) is 380 cm³/mol. The van der Waals surface area contributed by atoms with Gasteiger partial charge in [-0.3, -0.25) is 9.59 Å². The number of unbranched alkanes of at least 4 members (excludes halogenated alkanes) is 43. The maximum absolute atomic E-state index is 12.4. The van der Waals surface area contributed by atoms with Crippen molar-refractivity contribution in [3.05, 3.63) is 109 Å². The largest absolute Gasteiger partial charge is 0.462 e. The zero-order valence-electron chi connectivity index (χ0n) is 57.1. The van der Waals surface area contributed by atoms with Crippen molar-refractivity contribution in [2.24, 2.45) is 0 Å². The minimum absolute atomic E-state index is 0.0827. The van der Waals surface area contributed by atoms with Gasteiger partial charge in [0.25, 0.3) is 0 Å². The lowest BCUT2D eigenvalue weighted by Gasteiger charge is -2.15. The van der Waals surface area contributed by atoms with Crippen LogP contribution in [0.1, 0.15) is 373 Å². The van der Waals surface area contributed by atoms with Crippen molar-refractivity contribution in [3.63, 3.8) is 0 Å². The van der Waals surface area contributed by atoms with Crippen LogP contribution in [-0.2, 0) is 19.1 Å². The number of carbonyl (C=O) groups excluding carboxylic acids is 2. The molecule has 0 saturated carbocycles. The molecule has 5 nitrogen and oxygen atoms in total. The van der Waals surface area contributed by atoms with E-state index in [2.05, 4.69) is 123 Å². The van der Waals surface area contributed by atoms with Crippen LogP contribution < -0.4 is 0 Å². The Balaban J connectivity index is 3.47. The molecule has 0 aromatic rings.